The van der Waals surface area contributed by atoms with Crippen LogP contribution in [0.4, 0.5) is 26.3 Å². The monoisotopic (exact) mass is 508 g/mol. The summed E-state index contributed by atoms with van der Waals surface area (Å²) in [7, 11) is 1.41. The van der Waals surface area contributed by atoms with Crippen molar-refractivity contribution in [1.29, 1.82) is 0 Å². The lowest BCUT2D eigenvalue weighted by Gasteiger charge is -2.39. The SMILES string of the molecule is CN(C(=O)c1cc(C(F)(F)F)cc(C(F)(F)F)c1)[C@@H]1CCNC[C@H]1c1ccc(Br)cc1. The summed E-state index contributed by atoms with van der Waals surface area (Å²) in [6.45, 7) is 1.10. The zero-order valence-electron chi connectivity index (χ0n) is 16.3. The van der Waals surface area contributed by atoms with Gasteiger partial charge in [0.15, 0.2) is 0 Å². The van der Waals surface area contributed by atoms with Crippen molar-refractivity contribution in [3.63, 3.8) is 0 Å². The molecule has 2 atom stereocenters. The first-order valence-electron chi connectivity index (χ1n) is 9.41. The lowest BCUT2D eigenvalue weighted by atomic mass is 9.85. The summed E-state index contributed by atoms with van der Waals surface area (Å²) >= 11 is 3.35. The third kappa shape index (κ3) is 5.41. The maximum absolute atomic E-state index is 13.2. The average Bonchev–Trinajstić information content (AvgIpc) is 2.71. The highest BCUT2D eigenvalue weighted by molar-refractivity contribution is 9.10. The van der Waals surface area contributed by atoms with E-state index in [1.165, 1.54) is 11.9 Å². The largest absolute Gasteiger partial charge is 0.416 e. The third-order valence-corrected chi connectivity index (χ3v) is 5.92. The molecule has 0 aromatic heterocycles. The number of amides is 1. The first-order chi connectivity index (χ1) is 14.4. The van der Waals surface area contributed by atoms with E-state index in [1.54, 1.807) is 0 Å². The molecule has 3 nitrogen and oxygen atoms in total. The molecule has 1 fully saturated rings. The Morgan fingerprint density at radius 3 is 2.06 bits per heavy atom. The number of halogens is 7. The van der Waals surface area contributed by atoms with Gasteiger partial charge in [-0.05, 0) is 48.9 Å². The van der Waals surface area contributed by atoms with Crippen LogP contribution in [0.3, 0.4) is 0 Å². The molecule has 1 aliphatic heterocycles. The number of carbonyl (C=O) groups excluding carboxylic acids is 1. The number of hydrogen-bond donors (Lipinski definition) is 1. The molecule has 1 saturated heterocycles. The van der Waals surface area contributed by atoms with Gasteiger partial charge in [-0.2, -0.15) is 26.3 Å². The Labute approximate surface area is 183 Å². The number of nitrogens with one attached hydrogen (secondary N) is 1. The van der Waals surface area contributed by atoms with Crippen LogP contribution < -0.4 is 5.32 Å². The molecule has 2 aromatic rings. The van der Waals surface area contributed by atoms with Gasteiger partial charge in [-0.15, -0.1) is 0 Å². The zero-order chi connectivity index (χ0) is 23.0. The number of carbonyl (C=O) groups is 1. The summed E-state index contributed by atoms with van der Waals surface area (Å²) in [5, 5.41) is 3.22. The number of likely N-dealkylation sites (N-methyl/N-ethyl adjacent to an activating group) is 1. The van der Waals surface area contributed by atoms with Crippen molar-refractivity contribution < 1.29 is 31.1 Å². The van der Waals surface area contributed by atoms with E-state index in [-0.39, 0.29) is 18.0 Å². The van der Waals surface area contributed by atoms with Crippen molar-refractivity contribution in [3.05, 3.63) is 69.2 Å². The van der Waals surface area contributed by atoms with E-state index in [0.29, 0.717) is 31.6 Å². The van der Waals surface area contributed by atoms with Gasteiger partial charge in [0, 0.05) is 35.6 Å². The predicted molar refractivity (Wildman–Crippen MR) is 107 cm³/mol. The van der Waals surface area contributed by atoms with Gasteiger partial charge in [0.1, 0.15) is 0 Å². The van der Waals surface area contributed by atoms with Crippen LogP contribution in [0, 0.1) is 0 Å². The molecule has 1 N–H and O–H groups in total. The molecule has 1 aliphatic rings. The summed E-state index contributed by atoms with van der Waals surface area (Å²) in [6.07, 6.45) is -9.51. The normalized spacial score (nSPS) is 19.9. The van der Waals surface area contributed by atoms with Crippen molar-refractivity contribution in [3.8, 4) is 0 Å². The maximum Gasteiger partial charge on any atom is 0.416 e. The van der Waals surface area contributed by atoms with E-state index in [0.717, 1.165) is 10.0 Å². The van der Waals surface area contributed by atoms with E-state index in [9.17, 15) is 31.1 Å². The number of alkyl halides is 6. The van der Waals surface area contributed by atoms with Crippen LogP contribution in [0.2, 0.25) is 0 Å². The second-order valence-electron chi connectivity index (χ2n) is 7.43. The Morgan fingerprint density at radius 2 is 1.55 bits per heavy atom. The van der Waals surface area contributed by atoms with Crippen LogP contribution in [0.25, 0.3) is 0 Å². The second kappa shape index (κ2) is 8.82. The molecule has 0 radical (unpaired) electrons. The summed E-state index contributed by atoms with van der Waals surface area (Å²) in [5.74, 6) is -1.05. The second-order valence-corrected chi connectivity index (χ2v) is 8.34. The van der Waals surface area contributed by atoms with Gasteiger partial charge in [0.05, 0.1) is 11.1 Å². The standard InChI is InChI=1S/C21H19BrF6N2O/c1-30(18-6-7-29-11-17(18)12-2-4-16(22)5-3-12)19(31)13-8-14(20(23,24)25)10-15(9-13)21(26,27)28/h2-5,8-10,17-18,29H,6-7,11H2,1H3/t17-,18+/m0/s1. The average molecular weight is 509 g/mol. The first kappa shape index (κ1) is 23.6. The molecular formula is C21H19BrF6N2O. The lowest BCUT2D eigenvalue weighted by molar-refractivity contribution is -0.143. The summed E-state index contributed by atoms with van der Waals surface area (Å²) in [4.78, 5) is 14.2. The van der Waals surface area contributed by atoms with Gasteiger partial charge in [0.25, 0.3) is 5.91 Å². The van der Waals surface area contributed by atoms with E-state index < -0.39 is 35.0 Å². The Balaban J connectivity index is 1.96. The number of hydrogen-bond acceptors (Lipinski definition) is 2. The molecule has 0 aliphatic carbocycles. The molecule has 0 bridgehead atoms. The van der Waals surface area contributed by atoms with Crippen molar-refractivity contribution >= 4 is 21.8 Å². The molecule has 10 heteroatoms. The highest BCUT2D eigenvalue weighted by Gasteiger charge is 2.39. The van der Waals surface area contributed by atoms with Crippen molar-refractivity contribution in [2.24, 2.45) is 0 Å². The molecule has 168 valence electrons. The summed E-state index contributed by atoms with van der Waals surface area (Å²) in [5.41, 5.74) is -2.74. The highest BCUT2D eigenvalue weighted by Crippen LogP contribution is 2.37. The minimum atomic E-state index is -5.01. The van der Waals surface area contributed by atoms with Gasteiger partial charge >= 0.3 is 12.4 Å². The van der Waals surface area contributed by atoms with Crippen molar-refractivity contribution in [2.75, 3.05) is 20.1 Å². The van der Waals surface area contributed by atoms with Crippen molar-refractivity contribution in [2.45, 2.75) is 30.7 Å². The van der Waals surface area contributed by atoms with Gasteiger partial charge in [-0.3, -0.25) is 4.79 Å². The summed E-state index contributed by atoms with van der Waals surface area (Å²) in [6, 6.07) is 8.01. The fourth-order valence-electron chi connectivity index (χ4n) is 3.79. The van der Waals surface area contributed by atoms with Crippen LogP contribution in [0.1, 0.15) is 39.4 Å². The number of piperidine rings is 1. The molecule has 1 amide bonds. The minimum Gasteiger partial charge on any atom is -0.338 e. The molecule has 0 saturated carbocycles. The number of benzene rings is 2. The third-order valence-electron chi connectivity index (χ3n) is 5.40. The van der Waals surface area contributed by atoms with Crippen LogP contribution in [-0.2, 0) is 12.4 Å². The van der Waals surface area contributed by atoms with Crippen LogP contribution in [0.5, 0.6) is 0 Å². The minimum absolute atomic E-state index is 0.0198. The molecular weight excluding hydrogens is 490 g/mol. The Morgan fingerprint density at radius 1 is 1.00 bits per heavy atom. The van der Waals surface area contributed by atoms with Gasteiger partial charge < -0.3 is 10.2 Å². The Bertz CT molecular complexity index is 910. The Hall–Kier alpha value is -2.07. The van der Waals surface area contributed by atoms with E-state index in [4.69, 9.17) is 0 Å². The quantitative estimate of drug-likeness (QED) is 0.539. The topological polar surface area (TPSA) is 32.3 Å². The lowest BCUT2D eigenvalue weighted by Crippen LogP contribution is -2.49. The van der Waals surface area contributed by atoms with E-state index in [1.807, 2.05) is 24.3 Å². The van der Waals surface area contributed by atoms with Crippen molar-refractivity contribution in [1.82, 2.24) is 10.2 Å². The fourth-order valence-corrected chi connectivity index (χ4v) is 4.06. The molecule has 3 rings (SSSR count). The van der Waals surface area contributed by atoms with Gasteiger partial charge in [-0.1, -0.05) is 28.1 Å². The van der Waals surface area contributed by atoms with Gasteiger partial charge in [0.2, 0.25) is 0 Å². The Kier molecular flexibility index (Phi) is 6.71. The van der Waals surface area contributed by atoms with E-state index in [2.05, 4.69) is 21.2 Å². The van der Waals surface area contributed by atoms with Crippen LogP contribution in [-0.4, -0.2) is 37.0 Å². The fraction of sp³-hybridized carbons (Fsp3) is 0.381. The smallest absolute Gasteiger partial charge is 0.338 e. The van der Waals surface area contributed by atoms with E-state index >= 15 is 0 Å². The predicted octanol–water partition coefficient (Wildman–Crippen LogP) is 5.70. The molecule has 0 unspecified atom stereocenters. The maximum atomic E-state index is 13.2. The number of rotatable bonds is 3. The van der Waals surface area contributed by atoms with Crippen LogP contribution >= 0.6 is 15.9 Å². The van der Waals surface area contributed by atoms with Crippen LogP contribution in [0.15, 0.2) is 46.9 Å². The molecule has 31 heavy (non-hydrogen) atoms. The summed E-state index contributed by atoms with van der Waals surface area (Å²) < 4.78 is 79.9. The molecule has 1 heterocycles. The number of nitrogens with zero attached hydrogens (tertiary/aromatic N) is 1. The van der Waals surface area contributed by atoms with Gasteiger partial charge in [-0.25, -0.2) is 0 Å². The molecule has 0 spiro atoms. The first-order valence-corrected chi connectivity index (χ1v) is 10.2. The molecule has 2 aromatic carbocycles. The highest BCUT2D eigenvalue weighted by atomic mass is 79.9. The zero-order valence-corrected chi connectivity index (χ0v) is 17.9.